The molecular weight excluding hydrogens is 1740 g/mol. The molecule has 21 aromatic carbocycles. The summed E-state index contributed by atoms with van der Waals surface area (Å²) in [6.07, 6.45) is 10.2. The number of anilines is 18. The summed E-state index contributed by atoms with van der Waals surface area (Å²) in [5.74, 6) is 0. The zero-order valence-corrected chi connectivity index (χ0v) is 80.8. The van der Waals surface area contributed by atoms with E-state index in [1.54, 1.807) is 0 Å². The Morgan fingerprint density at radius 3 is 0.639 bits per heavy atom. The van der Waals surface area contributed by atoms with Gasteiger partial charge in [-0.1, -0.05) is 341 Å². The molecule has 0 saturated heterocycles. The standard InChI is InChI=1S/C138H108N6/c1-98-40-61-115(62-41-98)141(117-65-49-105(50-66-117)101-26-8-2-9-27-101)118-69-53-107(54-70-118)103-45-47-104(48-46-103)108-55-71-120(72-56-108)142(119-67-51-106(52-68-119)102-28-10-3-11-29-102)116-63-42-99(43-64-116)94-100-44-87-130-132-89-86-128(97-136(132)138(134(130)95-100)92-24-25-93-138)144(126-83-79-124(80-84-126)140(113-34-16-6-17-35-113)114-36-18-7-19-37-114)122-75-59-110(60-76-122)109-57-73-121(74-58-109)143(127-85-88-131-129-38-20-21-39-133(129)137(135(131)96-127)90-22-23-91-137)125-81-77-123(78-82-125)139(111-30-12-4-13-31-111)112-32-14-5-15-33-112/h2-21,26-89,95-97H,22-25,90-94H2,1H3. The van der Waals surface area contributed by atoms with E-state index in [2.05, 4.69) is 564 Å². The van der Waals surface area contributed by atoms with E-state index >= 15 is 0 Å². The first kappa shape index (κ1) is 87.9. The lowest BCUT2D eigenvalue weighted by atomic mass is 9.76. The molecule has 2 spiro atoms. The lowest BCUT2D eigenvalue weighted by Gasteiger charge is -2.31. The number of benzene rings is 21. The number of para-hydroxylation sites is 4. The first-order valence-electron chi connectivity index (χ1n) is 50.9. The van der Waals surface area contributed by atoms with Gasteiger partial charge in [0.15, 0.2) is 0 Å². The monoisotopic (exact) mass is 1850 g/mol. The Hall–Kier alpha value is -17.6. The summed E-state index contributed by atoms with van der Waals surface area (Å²) in [6.45, 7) is 2.14. The van der Waals surface area contributed by atoms with Gasteiger partial charge in [0.1, 0.15) is 0 Å². The SMILES string of the molecule is Cc1ccc(N(c2ccc(-c3ccccc3)cc2)c2ccc(-c3ccc(-c4ccc(N(c5ccc(Cc6ccc7c(c6)C6(CCCC6)c6cc(N(c8ccc(-c9ccc(N(c%10ccc(N(c%11ccccc%11)c%11ccccc%11)cc%10)c%10ccc%11c(c%10)C%10(CCCC%10)c%10ccccc%10-%11)cc9)cc8)c8ccc(N(c9ccccc9)c9ccccc9)cc8)ccc6-7)cc5)c5ccc(-c6ccccc6)cc5)cc4)cc3)cc2)cc1. The summed E-state index contributed by atoms with van der Waals surface area (Å²) in [5.41, 5.74) is 46.7. The molecule has 21 aromatic rings. The third kappa shape index (κ3) is 16.7. The van der Waals surface area contributed by atoms with Crippen LogP contribution in [-0.2, 0) is 17.3 Å². The molecule has 2 fully saturated rings. The van der Waals surface area contributed by atoms with Crippen LogP contribution in [-0.4, -0.2) is 0 Å². The van der Waals surface area contributed by atoms with Crippen molar-refractivity contribution in [2.24, 2.45) is 0 Å². The van der Waals surface area contributed by atoms with Crippen LogP contribution in [0.5, 0.6) is 0 Å². The second kappa shape index (κ2) is 38.2. The molecule has 0 heterocycles. The molecule has 0 atom stereocenters. The zero-order chi connectivity index (χ0) is 95.9. The Bertz CT molecular complexity index is 8020. The van der Waals surface area contributed by atoms with E-state index < -0.39 is 0 Å². The van der Waals surface area contributed by atoms with Crippen LogP contribution in [0, 0.1) is 6.92 Å². The Morgan fingerprint density at radius 2 is 0.340 bits per heavy atom. The van der Waals surface area contributed by atoms with Crippen molar-refractivity contribution in [3.63, 3.8) is 0 Å². The maximum atomic E-state index is 2.58. The highest BCUT2D eigenvalue weighted by molar-refractivity contribution is 5.93. The molecule has 0 aromatic heterocycles. The van der Waals surface area contributed by atoms with E-state index in [1.807, 2.05) is 0 Å². The van der Waals surface area contributed by atoms with Gasteiger partial charge < -0.3 is 29.4 Å². The Balaban J connectivity index is 0.505. The summed E-state index contributed by atoms with van der Waals surface area (Å²) in [7, 11) is 0. The molecule has 0 aliphatic heterocycles. The van der Waals surface area contributed by atoms with Crippen molar-refractivity contribution in [2.75, 3.05) is 29.4 Å². The highest BCUT2D eigenvalue weighted by Gasteiger charge is 2.47. The van der Waals surface area contributed by atoms with Gasteiger partial charge in [-0.05, 0) is 369 Å². The molecule has 6 nitrogen and oxygen atoms in total. The van der Waals surface area contributed by atoms with Gasteiger partial charge in [-0.15, -0.1) is 0 Å². The highest BCUT2D eigenvalue weighted by Crippen LogP contribution is 2.61. The fraction of sp³-hybridized carbons (Fsp3) is 0.0870. The van der Waals surface area contributed by atoms with Gasteiger partial charge in [0.2, 0.25) is 0 Å². The first-order valence-corrected chi connectivity index (χ1v) is 50.9. The Labute approximate surface area is 845 Å². The van der Waals surface area contributed by atoms with Crippen LogP contribution in [0.15, 0.2) is 528 Å². The molecular formula is C138H108N6. The number of rotatable bonds is 25. The maximum absolute atomic E-state index is 2.58. The summed E-state index contributed by atoms with van der Waals surface area (Å²) < 4.78 is 0. The molecule has 0 unspecified atom stereocenters. The van der Waals surface area contributed by atoms with Crippen LogP contribution in [0.4, 0.5) is 102 Å². The number of aryl methyl sites for hydroxylation is 1. The largest absolute Gasteiger partial charge is 0.311 e. The van der Waals surface area contributed by atoms with Gasteiger partial charge in [0.05, 0.1) is 0 Å². The van der Waals surface area contributed by atoms with E-state index in [4.69, 9.17) is 0 Å². The number of nitrogens with zero attached hydrogens (tertiary/aromatic N) is 6. The van der Waals surface area contributed by atoms with Crippen LogP contribution in [0.2, 0.25) is 0 Å². The second-order valence-electron chi connectivity index (χ2n) is 39.1. The topological polar surface area (TPSA) is 19.4 Å². The first-order chi connectivity index (χ1) is 71.2. The Morgan fingerprint density at radius 1 is 0.153 bits per heavy atom. The van der Waals surface area contributed by atoms with Crippen LogP contribution >= 0.6 is 0 Å². The molecule has 0 bridgehead atoms. The summed E-state index contributed by atoms with van der Waals surface area (Å²) in [5, 5.41) is 0. The normalized spacial score (nSPS) is 13.2. The van der Waals surface area contributed by atoms with Gasteiger partial charge >= 0.3 is 0 Å². The van der Waals surface area contributed by atoms with E-state index in [0.717, 1.165) is 138 Å². The van der Waals surface area contributed by atoms with Gasteiger partial charge in [0.25, 0.3) is 0 Å². The second-order valence-corrected chi connectivity index (χ2v) is 39.1. The molecule has 0 N–H and O–H groups in total. The van der Waals surface area contributed by atoms with Crippen LogP contribution in [0.3, 0.4) is 0 Å². The lowest BCUT2D eigenvalue weighted by Crippen LogP contribution is -2.21. The van der Waals surface area contributed by atoms with Gasteiger partial charge in [-0.3, -0.25) is 0 Å². The van der Waals surface area contributed by atoms with Gasteiger partial charge in [0, 0.05) is 113 Å². The molecule has 4 aliphatic rings. The molecule has 144 heavy (non-hydrogen) atoms. The van der Waals surface area contributed by atoms with Crippen molar-refractivity contribution >= 4 is 102 Å². The van der Waals surface area contributed by atoms with Crippen LogP contribution in [0.1, 0.15) is 90.3 Å². The minimum Gasteiger partial charge on any atom is -0.311 e. The van der Waals surface area contributed by atoms with Gasteiger partial charge in [-0.25, -0.2) is 0 Å². The fourth-order valence-corrected chi connectivity index (χ4v) is 23.5. The average Bonchev–Trinajstić information content (AvgIpc) is 1.55. The predicted octanol–water partition coefficient (Wildman–Crippen LogP) is 38.4. The van der Waals surface area contributed by atoms with E-state index in [0.29, 0.717) is 0 Å². The average molecular weight is 1850 g/mol. The zero-order valence-electron chi connectivity index (χ0n) is 80.8. The molecule has 6 heteroatoms. The molecule has 2 saturated carbocycles. The maximum Gasteiger partial charge on any atom is 0.0465 e. The van der Waals surface area contributed by atoms with Crippen molar-refractivity contribution in [2.45, 2.75) is 75.5 Å². The molecule has 0 radical (unpaired) electrons. The third-order valence-corrected chi connectivity index (χ3v) is 30.6. The molecule has 690 valence electrons. The van der Waals surface area contributed by atoms with E-state index in [1.165, 1.54) is 139 Å². The van der Waals surface area contributed by atoms with Crippen molar-refractivity contribution in [1.82, 2.24) is 0 Å². The van der Waals surface area contributed by atoms with Gasteiger partial charge in [-0.2, -0.15) is 0 Å². The van der Waals surface area contributed by atoms with Crippen LogP contribution < -0.4 is 29.4 Å². The highest BCUT2D eigenvalue weighted by atomic mass is 15.2. The number of fused-ring (bicyclic) bond motifs is 10. The quantitative estimate of drug-likeness (QED) is 0.0564. The number of hydrogen-bond acceptors (Lipinski definition) is 6. The minimum absolute atomic E-state index is 0.0176. The van der Waals surface area contributed by atoms with Crippen LogP contribution in [0.25, 0.3) is 77.9 Å². The smallest absolute Gasteiger partial charge is 0.0465 e. The van der Waals surface area contributed by atoms with Crippen molar-refractivity contribution < 1.29 is 0 Å². The molecule has 25 rings (SSSR count). The summed E-state index contributed by atoms with van der Waals surface area (Å²) >= 11 is 0. The molecule has 4 aliphatic carbocycles. The summed E-state index contributed by atoms with van der Waals surface area (Å²) in [6, 6.07) is 196. The van der Waals surface area contributed by atoms with Crippen molar-refractivity contribution in [3.8, 4) is 77.9 Å². The molecule has 0 amide bonds. The van der Waals surface area contributed by atoms with E-state index in [9.17, 15) is 0 Å². The number of hydrogen-bond donors (Lipinski definition) is 0. The lowest BCUT2D eigenvalue weighted by molar-refractivity contribution is 0.549. The summed E-state index contributed by atoms with van der Waals surface area (Å²) in [4.78, 5) is 14.4. The van der Waals surface area contributed by atoms with Crippen molar-refractivity contribution in [3.05, 3.63) is 567 Å². The third-order valence-electron chi connectivity index (χ3n) is 30.6. The van der Waals surface area contributed by atoms with Crippen molar-refractivity contribution in [1.29, 1.82) is 0 Å². The van der Waals surface area contributed by atoms with E-state index in [-0.39, 0.29) is 10.8 Å². The Kier molecular flexibility index (Phi) is 23.3. The minimum atomic E-state index is -0.124. The fourth-order valence-electron chi connectivity index (χ4n) is 23.5. The predicted molar refractivity (Wildman–Crippen MR) is 605 cm³/mol.